The summed E-state index contributed by atoms with van der Waals surface area (Å²) >= 11 is 0. The van der Waals surface area contributed by atoms with Crippen LogP contribution in [-0.4, -0.2) is 26.9 Å². The zero-order valence-corrected chi connectivity index (χ0v) is 11.7. The zero-order valence-electron chi connectivity index (χ0n) is 11.7. The minimum absolute atomic E-state index is 0.274. The zero-order chi connectivity index (χ0) is 13.1. The molecular weight excluding hydrogens is 226 g/mol. The fraction of sp³-hybridized carbons (Fsp3) is 0.600. The quantitative estimate of drug-likeness (QED) is 0.890. The summed E-state index contributed by atoms with van der Waals surface area (Å²) in [5.74, 6) is 0.987. The minimum atomic E-state index is 0.274. The Morgan fingerprint density at radius 2 is 2.00 bits per heavy atom. The van der Waals surface area contributed by atoms with E-state index in [0.29, 0.717) is 6.10 Å². The van der Waals surface area contributed by atoms with Crippen molar-refractivity contribution in [3.8, 4) is 5.75 Å². The molecule has 2 rings (SSSR count). The molecule has 0 amide bonds. The van der Waals surface area contributed by atoms with E-state index in [4.69, 9.17) is 9.47 Å². The average molecular weight is 249 g/mol. The monoisotopic (exact) mass is 249 g/mol. The van der Waals surface area contributed by atoms with Gasteiger partial charge in [0, 0.05) is 6.61 Å². The molecule has 18 heavy (non-hydrogen) atoms. The minimum Gasteiger partial charge on any atom is -0.496 e. The van der Waals surface area contributed by atoms with Crippen molar-refractivity contribution in [1.29, 1.82) is 0 Å². The fourth-order valence-electron chi connectivity index (χ4n) is 2.92. The van der Waals surface area contributed by atoms with Crippen molar-refractivity contribution in [2.24, 2.45) is 0 Å². The first-order valence-electron chi connectivity index (χ1n) is 6.61. The second kappa shape index (κ2) is 5.72. The first-order valence-corrected chi connectivity index (χ1v) is 6.61. The summed E-state index contributed by atoms with van der Waals surface area (Å²) in [6.07, 6.45) is 2.59. The van der Waals surface area contributed by atoms with Crippen molar-refractivity contribution in [3.63, 3.8) is 0 Å². The number of rotatable bonds is 4. The number of ether oxygens (including phenoxy) is 2. The van der Waals surface area contributed by atoms with Crippen molar-refractivity contribution in [1.82, 2.24) is 5.32 Å². The van der Waals surface area contributed by atoms with Crippen LogP contribution in [0.25, 0.3) is 0 Å². The highest BCUT2D eigenvalue weighted by Crippen LogP contribution is 2.31. The number of hydrogen-bond donors (Lipinski definition) is 1. The van der Waals surface area contributed by atoms with Gasteiger partial charge in [-0.1, -0.05) is 12.1 Å². The molecule has 100 valence electrons. The lowest BCUT2D eigenvalue weighted by Gasteiger charge is -2.24. The Bertz CT molecular complexity index is 388. The highest BCUT2D eigenvalue weighted by Gasteiger charge is 2.26. The maximum Gasteiger partial charge on any atom is 0.124 e. The first kappa shape index (κ1) is 13.4. The van der Waals surface area contributed by atoms with Gasteiger partial charge in [0.25, 0.3) is 0 Å². The standard InChI is InChI=1S/C15H23NO2/c1-10-8-12(9-11(2)15(10)17-4)14(16-3)13-6-5-7-18-13/h8-9,13-14,16H,5-7H2,1-4H3. The molecule has 0 spiro atoms. The third kappa shape index (κ3) is 2.52. The Kier molecular flexibility index (Phi) is 4.25. The molecule has 0 aliphatic carbocycles. The van der Waals surface area contributed by atoms with Gasteiger partial charge in [-0.25, -0.2) is 0 Å². The lowest BCUT2D eigenvalue weighted by molar-refractivity contribution is 0.0807. The SMILES string of the molecule is CNC(c1cc(C)c(OC)c(C)c1)C1CCCO1. The molecule has 1 aromatic rings. The Balaban J connectivity index is 2.30. The van der Waals surface area contributed by atoms with Crippen LogP contribution in [-0.2, 0) is 4.74 Å². The van der Waals surface area contributed by atoms with Gasteiger partial charge < -0.3 is 14.8 Å². The number of likely N-dealkylation sites (N-methyl/N-ethyl adjacent to an activating group) is 1. The van der Waals surface area contributed by atoms with Gasteiger partial charge in [-0.2, -0.15) is 0 Å². The molecule has 2 atom stereocenters. The Morgan fingerprint density at radius 3 is 2.44 bits per heavy atom. The predicted octanol–water partition coefficient (Wildman–Crippen LogP) is 2.75. The molecule has 3 nitrogen and oxygen atoms in total. The average Bonchev–Trinajstić information content (AvgIpc) is 2.83. The molecule has 1 aliphatic heterocycles. The summed E-state index contributed by atoms with van der Waals surface area (Å²) in [4.78, 5) is 0. The Labute approximate surface area is 109 Å². The molecule has 1 fully saturated rings. The number of methoxy groups -OCH3 is 1. The van der Waals surface area contributed by atoms with Crippen molar-refractivity contribution in [3.05, 3.63) is 28.8 Å². The van der Waals surface area contributed by atoms with Crippen molar-refractivity contribution in [2.45, 2.75) is 38.8 Å². The predicted molar refractivity (Wildman–Crippen MR) is 73.2 cm³/mol. The molecule has 0 aromatic heterocycles. The van der Waals surface area contributed by atoms with E-state index in [0.717, 1.165) is 25.2 Å². The van der Waals surface area contributed by atoms with Crippen molar-refractivity contribution < 1.29 is 9.47 Å². The summed E-state index contributed by atoms with van der Waals surface area (Å²) < 4.78 is 11.2. The maximum absolute atomic E-state index is 5.80. The third-order valence-electron chi connectivity index (χ3n) is 3.69. The topological polar surface area (TPSA) is 30.5 Å². The third-order valence-corrected chi connectivity index (χ3v) is 3.69. The second-order valence-corrected chi connectivity index (χ2v) is 5.01. The normalized spacial score (nSPS) is 21.0. The largest absolute Gasteiger partial charge is 0.496 e. The van der Waals surface area contributed by atoms with Gasteiger partial charge in [-0.05, 0) is 50.4 Å². The number of benzene rings is 1. The second-order valence-electron chi connectivity index (χ2n) is 5.01. The van der Waals surface area contributed by atoms with Gasteiger partial charge in [0.15, 0.2) is 0 Å². The van der Waals surface area contributed by atoms with Crippen LogP contribution < -0.4 is 10.1 Å². The highest BCUT2D eigenvalue weighted by atomic mass is 16.5. The summed E-state index contributed by atoms with van der Waals surface area (Å²) in [7, 11) is 3.73. The smallest absolute Gasteiger partial charge is 0.124 e. The number of nitrogens with one attached hydrogen (secondary N) is 1. The molecule has 1 N–H and O–H groups in total. The van der Waals surface area contributed by atoms with Gasteiger partial charge >= 0.3 is 0 Å². The van der Waals surface area contributed by atoms with Gasteiger partial charge in [0.05, 0.1) is 19.3 Å². The van der Waals surface area contributed by atoms with E-state index in [2.05, 4.69) is 31.3 Å². The molecule has 3 heteroatoms. The van der Waals surface area contributed by atoms with Crippen LogP contribution in [0, 0.1) is 13.8 Å². The van der Waals surface area contributed by atoms with Crippen molar-refractivity contribution in [2.75, 3.05) is 20.8 Å². The lowest BCUT2D eigenvalue weighted by Crippen LogP contribution is -2.29. The number of hydrogen-bond acceptors (Lipinski definition) is 3. The van der Waals surface area contributed by atoms with Crippen LogP contribution in [0.1, 0.15) is 35.6 Å². The summed E-state index contributed by atoms with van der Waals surface area (Å²) in [5.41, 5.74) is 3.66. The van der Waals surface area contributed by atoms with Gasteiger partial charge in [-0.3, -0.25) is 0 Å². The summed E-state index contributed by atoms with van der Waals surface area (Å²) in [6, 6.07) is 4.68. The molecule has 1 saturated heterocycles. The summed E-state index contributed by atoms with van der Waals surface area (Å²) in [6.45, 7) is 5.08. The van der Waals surface area contributed by atoms with Crippen LogP contribution in [0.15, 0.2) is 12.1 Å². The van der Waals surface area contributed by atoms with Crippen LogP contribution in [0.4, 0.5) is 0 Å². The van der Waals surface area contributed by atoms with Crippen LogP contribution in [0.5, 0.6) is 5.75 Å². The molecular formula is C15H23NO2. The van der Waals surface area contributed by atoms with E-state index in [1.807, 2.05) is 7.05 Å². The lowest BCUT2D eigenvalue weighted by atomic mass is 9.95. The van der Waals surface area contributed by atoms with Gasteiger partial charge in [0.2, 0.25) is 0 Å². The van der Waals surface area contributed by atoms with Gasteiger partial charge in [-0.15, -0.1) is 0 Å². The maximum atomic E-state index is 5.80. The molecule has 1 aliphatic rings. The van der Waals surface area contributed by atoms with Crippen LogP contribution in [0.2, 0.25) is 0 Å². The number of aryl methyl sites for hydroxylation is 2. The highest BCUT2D eigenvalue weighted by molar-refractivity contribution is 5.44. The van der Waals surface area contributed by atoms with Crippen LogP contribution >= 0.6 is 0 Å². The Hall–Kier alpha value is -1.06. The van der Waals surface area contributed by atoms with E-state index < -0.39 is 0 Å². The molecule has 0 saturated carbocycles. The van der Waals surface area contributed by atoms with Gasteiger partial charge in [0.1, 0.15) is 5.75 Å². The molecule has 1 heterocycles. The van der Waals surface area contributed by atoms with Crippen molar-refractivity contribution >= 4 is 0 Å². The van der Waals surface area contributed by atoms with E-state index in [9.17, 15) is 0 Å². The first-order chi connectivity index (χ1) is 8.67. The van der Waals surface area contributed by atoms with Crippen LogP contribution in [0.3, 0.4) is 0 Å². The molecule has 0 radical (unpaired) electrons. The summed E-state index contributed by atoms with van der Waals surface area (Å²) in [5, 5.41) is 3.39. The van der Waals surface area contributed by atoms with E-state index in [1.54, 1.807) is 7.11 Å². The molecule has 1 aromatic carbocycles. The van der Waals surface area contributed by atoms with E-state index in [1.165, 1.54) is 16.7 Å². The molecule has 2 unspecified atom stereocenters. The van der Waals surface area contributed by atoms with E-state index in [-0.39, 0.29) is 6.04 Å². The molecule has 0 bridgehead atoms. The fourth-order valence-corrected chi connectivity index (χ4v) is 2.92. The Morgan fingerprint density at radius 1 is 1.33 bits per heavy atom. The van der Waals surface area contributed by atoms with E-state index >= 15 is 0 Å².